The zero-order valence-corrected chi connectivity index (χ0v) is 10.7. The van der Waals surface area contributed by atoms with Crippen molar-refractivity contribution in [3.63, 3.8) is 0 Å². The van der Waals surface area contributed by atoms with Gasteiger partial charge in [-0.2, -0.15) is 0 Å². The van der Waals surface area contributed by atoms with Crippen LogP contribution in [-0.4, -0.2) is 18.6 Å². The summed E-state index contributed by atoms with van der Waals surface area (Å²) in [5.41, 5.74) is 8.87. The summed E-state index contributed by atoms with van der Waals surface area (Å²) in [5.74, 6) is -0.137. The molecule has 18 heavy (non-hydrogen) atoms. The van der Waals surface area contributed by atoms with Gasteiger partial charge >= 0.3 is 5.97 Å². The first-order valence-electron chi connectivity index (χ1n) is 6.49. The molecule has 0 amide bonds. The van der Waals surface area contributed by atoms with Crippen molar-refractivity contribution >= 4 is 17.3 Å². The van der Waals surface area contributed by atoms with Crippen molar-refractivity contribution in [2.45, 2.75) is 38.6 Å². The molecule has 0 aromatic heterocycles. The molecule has 0 spiro atoms. The second kappa shape index (κ2) is 5.76. The number of carbonyl (C=O) groups excluding carboxylic acids is 1. The summed E-state index contributed by atoms with van der Waals surface area (Å²) in [4.78, 5) is 11.5. The third-order valence-corrected chi connectivity index (χ3v) is 3.21. The van der Waals surface area contributed by atoms with Crippen LogP contribution in [0.25, 0.3) is 0 Å². The van der Waals surface area contributed by atoms with E-state index < -0.39 is 0 Å². The predicted octanol–water partition coefficient (Wildman–Crippen LogP) is 2.34. The fourth-order valence-electron chi connectivity index (χ4n) is 2.35. The van der Waals surface area contributed by atoms with Crippen molar-refractivity contribution in [1.82, 2.24) is 0 Å². The lowest BCUT2D eigenvalue weighted by Crippen LogP contribution is -2.23. The van der Waals surface area contributed by atoms with Gasteiger partial charge in [0.2, 0.25) is 0 Å². The van der Waals surface area contributed by atoms with Gasteiger partial charge in [-0.25, -0.2) is 0 Å². The molecular weight excluding hydrogens is 228 g/mol. The fraction of sp³-hybridized carbons (Fsp3) is 0.500. The number of fused-ring (bicyclic) bond motifs is 1. The molecule has 0 aliphatic carbocycles. The molecule has 1 aliphatic heterocycles. The van der Waals surface area contributed by atoms with E-state index in [0.717, 1.165) is 30.6 Å². The van der Waals surface area contributed by atoms with E-state index >= 15 is 0 Å². The molecule has 1 aliphatic rings. The van der Waals surface area contributed by atoms with Crippen LogP contribution in [0.2, 0.25) is 0 Å². The van der Waals surface area contributed by atoms with Crippen molar-refractivity contribution in [3.05, 3.63) is 23.8 Å². The monoisotopic (exact) mass is 248 g/mol. The second-order valence-corrected chi connectivity index (χ2v) is 4.66. The second-order valence-electron chi connectivity index (χ2n) is 4.66. The predicted molar refractivity (Wildman–Crippen MR) is 72.5 cm³/mol. The quantitative estimate of drug-likeness (QED) is 0.636. The Morgan fingerprint density at radius 1 is 1.56 bits per heavy atom. The highest BCUT2D eigenvalue weighted by atomic mass is 16.5. The van der Waals surface area contributed by atoms with Crippen LogP contribution in [0, 0.1) is 0 Å². The smallest absolute Gasteiger partial charge is 0.307 e. The van der Waals surface area contributed by atoms with Gasteiger partial charge in [0.25, 0.3) is 0 Å². The van der Waals surface area contributed by atoms with Crippen molar-refractivity contribution in [2.24, 2.45) is 0 Å². The van der Waals surface area contributed by atoms with Crippen LogP contribution >= 0.6 is 0 Å². The fourth-order valence-corrected chi connectivity index (χ4v) is 2.35. The van der Waals surface area contributed by atoms with Crippen LogP contribution in [0.4, 0.5) is 11.4 Å². The van der Waals surface area contributed by atoms with Crippen LogP contribution < -0.4 is 11.1 Å². The van der Waals surface area contributed by atoms with Crippen LogP contribution in [-0.2, 0) is 16.0 Å². The molecule has 1 atom stereocenters. The molecule has 0 saturated carbocycles. The number of hydrogen-bond acceptors (Lipinski definition) is 4. The zero-order chi connectivity index (χ0) is 13.0. The largest absolute Gasteiger partial charge is 0.466 e. The van der Waals surface area contributed by atoms with Gasteiger partial charge in [0.05, 0.1) is 13.0 Å². The minimum absolute atomic E-state index is 0.137. The van der Waals surface area contributed by atoms with Crippen molar-refractivity contribution in [2.75, 3.05) is 17.7 Å². The summed E-state index contributed by atoms with van der Waals surface area (Å²) in [6.07, 6.45) is 3.51. The van der Waals surface area contributed by atoms with Gasteiger partial charge in [0.15, 0.2) is 0 Å². The first-order valence-corrected chi connectivity index (χ1v) is 6.49. The maximum Gasteiger partial charge on any atom is 0.307 e. The number of rotatable bonds is 3. The molecule has 98 valence electrons. The van der Waals surface area contributed by atoms with E-state index in [-0.39, 0.29) is 12.0 Å². The molecule has 2 rings (SSSR count). The summed E-state index contributed by atoms with van der Waals surface area (Å²) in [5, 5.41) is 3.41. The lowest BCUT2D eigenvalue weighted by Gasteiger charge is -2.17. The number of carbonyl (C=O) groups is 1. The molecule has 1 aromatic rings. The number of nitrogens with two attached hydrogens (primary N) is 1. The van der Waals surface area contributed by atoms with Gasteiger partial charge in [0.1, 0.15) is 0 Å². The lowest BCUT2D eigenvalue weighted by molar-refractivity contribution is -0.143. The number of anilines is 2. The van der Waals surface area contributed by atoms with Crippen molar-refractivity contribution in [3.8, 4) is 0 Å². The average Bonchev–Trinajstić information content (AvgIpc) is 2.50. The summed E-state index contributed by atoms with van der Waals surface area (Å²) >= 11 is 0. The van der Waals surface area contributed by atoms with Crippen LogP contribution in [0.3, 0.4) is 0 Å². The van der Waals surface area contributed by atoms with E-state index in [1.807, 2.05) is 19.1 Å². The van der Waals surface area contributed by atoms with Gasteiger partial charge < -0.3 is 15.8 Å². The first-order chi connectivity index (χ1) is 8.69. The number of benzene rings is 1. The summed E-state index contributed by atoms with van der Waals surface area (Å²) < 4.78 is 4.99. The average molecular weight is 248 g/mol. The van der Waals surface area contributed by atoms with Crippen LogP contribution in [0.15, 0.2) is 18.2 Å². The molecule has 0 radical (unpaired) electrons. The van der Waals surface area contributed by atoms with E-state index in [0.29, 0.717) is 13.0 Å². The Labute approximate surface area is 108 Å². The summed E-state index contributed by atoms with van der Waals surface area (Å²) in [6.45, 7) is 2.27. The minimum atomic E-state index is -0.137. The van der Waals surface area contributed by atoms with E-state index in [4.69, 9.17) is 10.5 Å². The minimum Gasteiger partial charge on any atom is -0.466 e. The Bertz CT molecular complexity index is 432. The van der Waals surface area contributed by atoms with Crippen LogP contribution in [0.5, 0.6) is 0 Å². The third kappa shape index (κ3) is 3.15. The molecule has 4 nitrogen and oxygen atoms in total. The highest BCUT2D eigenvalue weighted by molar-refractivity contribution is 5.71. The Hall–Kier alpha value is -1.71. The number of nitrogen functional groups attached to an aromatic ring is 1. The molecule has 1 heterocycles. The maximum atomic E-state index is 11.5. The Morgan fingerprint density at radius 3 is 3.17 bits per heavy atom. The first kappa shape index (κ1) is 12.7. The van der Waals surface area contributed by atoms with E-state index in [9.17, 15) is 4.79 Å². The Kier molecular flexibility index (Phi) is 4.07. The lowest BCUT2D eigenvalue weighted by atomic mass is 10.1. The molecule has 1 unspecified atom stereocenters. The number of aryl methyl sites for hydroxylation is 1. The normalized spacial score (nSPS) is 18.4. The number of hydrogen-bond donors (Lipinski definition) is 2. The van der Waals surface area contributed by atoms with Gasteiger partial charge in [-0.1, -0.05) is 6.07 Å². The third-order valence-electron chi connectivity index (χ3n) is 3.21. The molecule has 0 bridgehead atoms. The van der Waals surface area contributed by atoms with Gasteiger partial charge in [-0.3, -0.25) is 4.79 Å². The highest BCUT2D eigenvalue weighted by Crippen LogP contribution is 2.27. The molecule has 0 fully saturated rings. The molecular formula is C14H20N2O2. The van der Waals surface area contributed by atoms with E-state index in [1.54, 1.807) is 0 Å². The van der Waals surface area contributed by atoms with Gasteiger partial charge in [-0.05, 0) is 43.9 Å². The van der Waals surface area contributed by atoms with Gasteiger partial charge in [-0.15, -0.1) is 0 Å². The Balaban J connectivity index is 2.06. The number of esters is 1. The SMILES string of the molecule is CCOC(=O)CC1CCCc2ccc(N)cc2N1. The number of ether oxygens (including phenoxy) is 1. The standard InChI is InChI=1S/C14H20N2O2/c1-2-18-14(17)9-12-5-3-4-10-6-7-11(15)8-13(10)16-12/h6-8,12,16H,2-5,9,15H2,1H3. The van der Waals surface area contributed by atoms with Crippen molar-refractivity contribution < 1.29 is 9.53 Å². The molecule has 3 N–H and O–H groups in total. The van der Waals surface area contributed by atoms with Crippen molar-refractivity contribution in [1.29, 1.82) is 0 Å². The zero-order valence-electron chi connectivity index (χ0n) is 10.7. The molecule has 4 heteroatoms. The molecule has 0 saturated heterocycles. The summed E-state index contributed by atoms with van der Waals surface area (Å²) in [7, 11) is 0. The topological polar surface area (TPSA) is 64.3 Å². The van der Waals surface area contributed by atoms with E-state index in [2.05, 4.69) is 11.4 Å². The van der Waals surface area contributed by atoms with Crippen LogP contribution in [0.1, 0.15) is 31.7 Å². The highest BCUT2D eigenvalue weighted by Gasteiger charge is 2.19. The Morgan fingerprint density at radius 2 is 2.39 bits per heavy atom. The van der Waals surface area contributed by atoms with E-state index in [1.165, 1.54) is 5.56 Å². The molecule has 1 aromatic carbocycles. The number of nitrogens with one attached hydrogen (secondary N) is 1. The van der Waals surface area contributed by atoms with Gasteiger partial charge in [0, 0.05) is 17.4 Å². The maximum absolute atomic E-state index is 11.5. The summed E-state index contributed by atoms with van der Waals surface area (Å²) in [6, 6.07) is 6.07.